The van der Waals surface area contributed by atoms with Crippen molar-refractivity contribution in [3.05, 3.63) is 120 Å². The van der Waals surface area contributed by atoms with Gasteiger partial charge < -0.3 is 10.1 Å². The van der Waals surface area contributed by atoms with Crippen LogP contribution in [0.5, 0.6) is 5.75 Å². The summed E-state index contributed by atoms with van der Waals surface area (Å²) in [5, 5.41) is 2.87. The van der Waals surface area contributed by atoms with E-state index in [0.717, 1.165) is 11.1 Å². The Balaban J connectivity index is 1.75. The van der Waals surface area contributed by atoms with Crippen LogP contribution in [0.1, 0.15) is 28.4 Å². The van der Waals surface area contributed by atoms with Crippen LogP contribution >= 0.6 is 0 Å². The van der Waals surface area contributed by atoms with Crippen LogP contribution in [0.3, 0.4) is 0 Å². The molecule has 1 N–H and O–H groups in total. The highest BCUT2D eigenvalue weighted by atomic mass is 32.2. The van der Waals surface area contributed by atoms with Crippen molar-refractivity contribution in [3.63, 3.8) is 0 Å². The molecule has 0 spiro atoms. The Morgan fingerprint density at radius 2 is 1.56 bits per heavy atom. The van der Waals surface area contributed by atoms with Crippen LogP contribution < -0.4 is 14.4 Å². The first-order valence-electron chi connectivity index (χ1n) is 11.6. The van der Waals surface area contributed by atoms with Crippen molar-refractivity contribution in [2.24, 2.45) is 0 Å². The first-order chi connectivity index (χ1) is 17.4. The summed E-state index contributed by atoms with van der Waals surface area (Å²) < 4.78 is 34.6. The molecule has 0 unspecified atom stereocenters. The standard InChI is InChI=1S/C29H28N2O4S/c1-3-35-25-13-9-12-24(20-25)30-29(32)27-14-7-8-15-28(27)31(21-23-10-5-4-6-11-23)36(33,34)26-18-16-22(2)17-19-26/h4-20H,3,21H2,1-2H3,(H,30,32). The highest BCUT2D eigenvalue weighted by molar-refractivity contribution is 7.92. The molecule has 0 saturated heterocycles. The van der Waals surface area contributed by atoms with Gasteiger partial charge in [-0.25, -0.2) is 8.42 Å². The van der Waals surface area contributed by atoms with Crippen LogP contribution in [0.15, 0.2) is 108 Å². The molecule has 0 aliphatic carbocycles. The molecule has 0 bridgehead atoms. The monoisotopic (exact) mass is 500 g/mol. The second kappa shape index (κ2) is 11.1. The van der Waals surface area contributed by atoms with Crippen LogP contribution in [-0.4, -0.2) is 20.9 Å². The normalized spacial score (nSPS) is 11.1. The number of benzene rings is 4. The van der Waals surface area contributed by atoms with Gasteiger partial charge in [0.25, 0.3) is 15.9 Å². The van der Waals surface area contributed by atoms with Crippen LogP contribution in [-0.2, 0) is 16.6 Å². The summed E-state index contributed by atoms with van der Waals surface area (Å²) >= 11 is 0. The Morgan fingerprint density at radius 1 is 0.861 bits per heavy atom. The number of hydrogen-bond acceptors (Lipinski definition) is 4. The number of carbonyl (C=O) groups excluding carboxylic acids is 1. The Labute approximate surface area is 212 Å². The number of sulfonamides is 1. The smallest absolute Gasteiger partial charge is 0.264 e. The molecule has 0 aromatic heterocycles. The van der Waals surface area contributed by atoms with Gasteiger partial charge in [-0.05, 0) is 55.8 Å². The van der Waals surface area contributed by atoms with Crippen molar-refractivity contribution in [3.8, 4) is 5.75 Å². The van der Waals surface area contributed by atoms with E-state index < -0.39 is 15.9 Å². The highest BCUT2D eigenvalue weighted by Gasteiger charge is 2.28. The molecule has 0 aliphatic rings. The zero-order valence-electron chi connectivity index (χ0n) is 20.2. The molecule has 1 amide bonds. The summed E-state index contributed by atoms with van der Waals surface area (Å²) in [6.07, 6.45) is 0. The quantitative estimate of drug-likeness (QED) is 0.304. The molecule has 4 aromatic rings. The first kappa shape index (κ1) is 25.0. The fraction of sp³-hybridized carbons (Fsp3) is 0.138. The van der Waals surface area contributed by atoms with Gasteiger partial charge >= 0.3 is 0 Å². The van der Waals surface area contributed by atoms with Crippen LogP contribution in [0.2, 0.25) is 0 Å². The molecule has 4 rings (SSSR count). The minimum absolute atomic E-state index is 0.0706. The maximum atomic E-state index is 13.9. The molecule has 0 aliphatic heterocycles. The molecule has 36 heavy (non-hydrogen) atoms. The second-order valence-electron chi connectivity index (χ2n) is 8.24. The van der Waals surface area contributed by atoms with Crippen molar-refractivity contribution < 1.29 is 17.9 Å². The largest absolute Gasteiger partial charge is 0.494 e. The van der Waals surface area contributed by atoms with E-state index in [9.17, 15) is 13.2 Å². The number of rotatable bonds is 9. The number of hydrogen-bond donors (Lipinski definition) is 1. The summed E-state index contributed by atoms with van der Waals surface area (Å²) in [4.78, 5) is 13.6. The van der Waals surface area contributed by atoms with E-state index in [4.69, 9.17) is 4.74 Å². The van der Waals surface area contributed by atoms with E-state index in [1.54, 1.807) is 66.7 Å². The predicted octanol–water partition coefficient (Wildman–Crippen LogP) is 6.04. The number of nitrogens with zero attached hydrogens (tertiary/aromatic N) is 1. The Hall–Kier alpha value is -4.10. The second-order valence-corrected chi connectivity index (χ2v) is 10.1. The zero-order chi connectivity index (χ0) is 25.5. The molecule has 0 radical (unpaired) electrons. The van der Waals surface area contributed by atoms with Gasteiger partial charge in [0.2, 0.25) is 0 Å². The van der Waals surface area contributed by atoms with Crippen LogP contribution in [0, 0.1) is 6.92 Å². The SMILES string of the molecule is CCOc1cccc(NC(=O)c2ccccc2N(Cc2ccccc2)S(=O)(=O)c2ccc(C)cc2)c1. The lowest BCUT2D eigenvalue weighted by molar-refractivity contribution is 0.102. The van der Waals surface area contributed by atoms with Crippen LogP contribution in [0.25, 0.3) is 0 Å². The molecule has 0 atom stereocenters. The maximum absolute atomic E-state index is 13.9. The molecule has 0 fully saturated rings. The molecular formula is C29H28N2O4S. The average molecular weight is 501 g/mol. The average Bonchev–Trinajstić information content (AvgIpc) is 2.88. The third-order valence-corrected chi connectivity index (χ3v) is 7.37. The molecule has 0 saturated carbocycles. The molecule has 6 nitrogen and oxygen atoms in total. The minimum atomic E-state index is -3.98. The van der Waals surface area contributed by atoms with E-state index in [2.05, 4.69) is 5.32 Å². The fourth-order valence-electron chi connectivity index (χ4n) is 3.80. The summed E-state index contributed by atoms with van der Waals surface area (Å²) in [5.41, 5.74) is 2.84. The maximum Gasteiger partial charge on any atom is 0.264 e. The number of carbonyl (C=O) groups is 1. The molecule has 4 aromatic carbocycles. The number of nitrogens with one attached hydrogen (secondary N) is 1. The summed E-state index contributed by atoms with van der Waals surface area (Å²) in [5.74, 6) is 0.215. The van der Waals surface area contributed by atoms with Gasteiger partial charge in [-0.2, -0.15) is 0 Å². The van der Waals surface area contributed by atoms with Gasteiger partial charge in [-0.15, -0.1) is 0 Å². The van der Waals surface area contributed by atoms with Gasteiger partial charge in [0.05, 0.1) is 29.3 Å². The number of para-hydroxylation sites is 1. The lowest BCUT2D eigenvalue weighted by atomic mass is 10.1. The van der Waals surface area contributed by atoms with E-state index >= 15 is 0 Å². The van der Waals surface area contributed by atoms with Crippen molar-refractivity contribution in [2.45, 2.75) is 25.3 Å². The highest BCUT2D eigenvalue weighted by Crippen LogP contribution is 2.30. The molecule has 7 heteroatoms. The third kappa shape index (κ3) is 5.75. The number of anilines is 2. The van der Waals surface area contributed by atoms with Gasteiger partial charge in [-0.1, -0.05) is 66.2 Å². The summed E-state index contributed by atoms with van der Waals surface area (Å²) in [6, 6.07) is 29.8. The summed E-state index contributed by atoms with van der Waals surface area (Å²) in [7, 11) is -3.98. The topological polar surface area (TPSA) is 75.7 Å². The Morgan fingerprint density at radius 3 is 2.28 bits per heavy atom. The van der Waals surface area contributed by atoms with Crippen molar-refractivity contribution in [1.82, 2.24) is 0 Å². The minimum Gasteiger partial charge on any atom is -0.494 e. The Kier molecular flexibility index (Phi) is 7.71. The molecular weight excluding hydrogens is 472 g/mol. The lowest BCUT2D eigenvalue weighted by Crippen LogP contribution is -2.32. The van der Waals surface area contributed by atoms with E-state index in [-0.39, 0.29) is 17.0 Å². The predicted molar refractivity (Wildman–Crippen MR) is 143 cm³/mol. The summed E-state index contributed by atoms with van der Waals surface area (Å²) in [6.45, 7) is 4.36. The zero-order valence-corrected chi connectivity index (χ0v) is 21.0. The van der Waals surface area contributed by atoms with Gasteiger partial charge in [-0.3, -0.25) is 9.10 Å². The third-order valence-electron chi connectivity index (χ3n) is 5.60. The van der Waals surface area contributed by atoms with Gasteiger partial charge in [0, 0.05) is 11.8 Å². The van der Waals surface area contributed by atoms with Gasteiger partial charge in [0.1, 0.15) is 5.75 Å². The van der Waals surface area contributed by atoms with Crippen molar-refractivity contribution >= 4 is 27.3 Å². The number of ether oxygens (including phenoxy) is 1. The van der Waals surface area contributed by atoms with E-state index in [1.165, 1.54) is 4.31 Å². The van der Waals surface area contributed by atoms with Gasteiger partial charge in [0.15, 0.2) is 0 Å². The van der Waals surface area contributed by atoms with Crippen LogP contribution in [0.4, 0.5) is 11.4 Å². The fourth-order valence-corrected chi connectivity index (χ4v) is 5.27. The first-order valence-corrected chi connectivity index (χ1v) is 13.1. The molecule has 184 valence electrons. The Bertz CT molecular complexity index is 1440. The van der Waals surface area contributed by atoms with E-state index in [0.29, 0.717) is 23.7 Å². The van der Waals surface area contributed by atoms with E-state index in [1.807, 2.05) is 50.2 Å². The molecule has 0 heterocycles. The lowest BCUT2D eigenvalue weighted by Gasteiger charge is -2.26. The van der Waals surface area contributed by atoms with Crippen molar-refractivity contribution in [2.75, 3.05) is 16.2 Å². The number of aryl methyl sites for hydroxylation is 1. The van der Waals surface area contributed by atoms with Crippen molar-refractivity contribution in [1.29, 1.82) is 0 Å². The number of amides is 1.